The second-order valence-electron chi connectivity index (χ2n) is 10.1. The minimum Gasteiger partial charge on any atom is -0.444 e. The normalized spacial score (nSPS) is 21.8. The van der Waals surface area contributed by atoms with Crippen LogP contribution in [0.5, 0.6) is 0 Å². The Morgan fingerprint density at radius 3 is 1.97 bits per heavy atom. The maximum Gasteiger partial charge on any atom is 0.410 e. The van der Waals surface area contributed by atoms with Gasteiger partial charge in [-0.15, -0.1) is 10.2 Å². The lowest BCUT2D eigenvalue weighted by Gasteiger charge is -2.34. The van der Waals surface area contributed by atoms with Crippen molar-refractivity contribution >= 4 is 6.09 Å². The fourth-order valence-electron chi connectivity index (χ4n) is 4.89. The first kappa shape index (κ1) is 20.8. The van der Waals surface area contributed by atoms with E-state index in [-0.39, 0.29) is 12.3 Å². The molecule has 7 nitrogen and oxygen atoms in total. The van der Waals surface area contributed by atoms with E-state index in [1.165, 1.54) is 23.1 Å². The molecule has 1 amide bonds. The smallest absolute Gasteiger partial charge is 0.410 e. The minimum atomic E-state index is -0.441. The number of rotatable bonds is 3. The van der Waals surface area contributed by atoms with Crippen molar-refractivity contribution in [3.63, 3.8) is 0 Å². The molecule has 2 aromatic carbocycles. The van der Waals surface area contributed by atoms with Gasteiger partial charge >= 0.3 is 6.09 Å². The van der Waals surface area contributed by atoms with Crippen LogP contribution < -0.4 is 0 Å². The lowest BCUT2D eigenvalue weighted by Crippen LogP contribution is -2.42. The van der Waals surface area contributed by atoms with Gasteiger partial charge in [0.15, 0.2) is 0 Å². The summed E-state index contributed by atoms with van der Waals surface area (Å²) in [5, 5.41) is 15.1. The number of likely N-dealkylation sites (tertiary alicyclic amines) is 1. The molecule has 1 spiro atoms. The molecule has 1 aliphatic carbocycles. The number of hydrogen-bond acceptors (Lipinski definition) is 6. The number of piperidine rings is 1. The number of carbonyl (C=O) groups is 1. The van der Waals surface area contributed by atoms with Gasteiger partial charge in [0.1, 0.15) is 5.60 Å². The van der Waals surface area contributed by atoms with Gasteiger partial charge < -0.3 is 9.64 Å². The summed E-state index contributed by atoms with van der Waals surface area (Å²) in [6.07, 6.45) is 2.83. The van der Waals surface area contributed by atoms with Gasteiger partial charge in [-0.2, -0.15) is 0 Å². The number of nitrogens with zero attached hydrogens (tertiary/aromatic N) is 5. The van der Waals surface area contributed by atoms with E-state index < -0.39 is 5.60 Å². The number of ether oxygens (including phenoxy) is 1. The largest absolute Gasteiger partial charge is 0.444 e. The maximum atomic E-state index is 12.3. The third kappa shape index (κ3) is 4.16. The summed E-state index contributed by atoms with van der Waals surface area (Å²) in [5.74, 6) is 0.595. The van der Waals surface area contributed by atoms with Crippen LogP contribution >= 0.6 is 0 Å². The van der Waals surface area contributed by atoms with Crippen LogP contribution in [0.2, 0.25) is 0 Å². The number of amides is 1. The Morgan fingerprint density at radius 2 is 1.44 bits per heavy atom. The third-order valence-corrected chi connectivity index (χ3v) is 6.82. The van der Waals surface area contributed by atoms with E-state index in [9.17, 15) is 4.79 Å². The highest BCUT2D eigenvalue weighted by Gasteiger charge is 2.55. The fraction of sp³-hybridized carbons (Fsp3) is 0.480. The van der Waals surface area contributed by atoms with Gasteiger partial charge in [0, 0.05) is 18.7 Å². The van der Waals surface area contributed by atoms with E-state index in [4.69, 9.17) is 4.74 Å². The predicted molar refractivity (Wildman–Crippen MR) is 121 cm³/mol. The second kappa shape index (κ2) is 7.80. The number of carbonyl (C=O) groups excluding carboxylic acids is 1. The van der Waals surface area contributed by atoms with E-state index in [1.807, 2.05) is 37.8 Å². The molecule has 7 heteroatoms. The van der Waals surface area contributed by atoms with Gasteiger partial charge in [0.05, 0.1) is 0 Å². The Balaban J connectivity index is 1.19. The lowest BCUT2D eigenvalue weighted by molar-refractivity contribution is 0.0170. The van der Waals surface area contributed by atoms with E-state index in [0.717, 1.165) is 31.5 Å². The molecule has 166 valence electrons. The first-order chi connectivity index (χ1) is 15.3. The van der Waals surface area contributed by atoms with Gasteiger partial charge in [-0.05, 0) is 78.5 Å². The molecule has 2 heterocycles. The zero-order valence-corrected chi connectivity index (χ0v) is 18.9. The van der Waals surface area contributed by atoms with Gasteiger partial charge in [-0.1, -0.05) is 48.5 Å². The van der Waals surface area contributed by atoms with E-state index >= 15 is 0 Å². The van der Waals surface area contributed by atoms with E-state index in [0.29, 0.717) is 11.3 Å². The van der Waals surface area contributed by atoms with Crippen molar-refractivity contribution in [2.75, 3.05) is 13.1 Å². The van der Waals surface area contributed by atoms with E-state index in [2.05, 4.69) is 57.1 Å². The quantitative estimate of drug-likeness (QED) is 0.542. The summed E-state index contributed by atoms with van der Waals surface area (Å²) in [6.45, 7) is 7.32. The topological polar surface area (TPSA) is 79.0 Å². The summed E-state index contributed by atoms with van der Waals surface area (Å²) in [5.41, 5.74) is 4.68. The summed E-state index contributed by atoms with van der Waals surface area (Å²) in [4.78, 5) is 14.2. The molecule has 1 saturated heterocycles. The highest BCUT2D eigenvalue weighted by molar-refractivity contribution is 5.68. The van der Waals surface area contributed by atoms with Crippen LogP contribution in [0.25, 0.3) is 11.1 Å². The van der Waals surface area contributed by atoms with E-state index in [1.54, 1.807) is 0 Å². The number of hydrogen-bond donors (Lipinski definition) is 0. The highest BCUT2D eigenvalue weighted by atomic mass is 16.6. The third-order valence-electron chi connectivity index (χ3n) is 6.82. The first-order valence-corrected chi connectivity index (χ1v) is 11.3. The lowest BCUT2D eigenvalue weighted by atomic mass is 9.88. The Morgan fingerprint density at radius 1 is 0.906 bits per heavy atom. The summed E-state index contributed by atoms with van der Waals surface area (Å²) in [7, 11) is 0. The molecule has 0 aromatic heterocycles. The Hall–Kier alpha value is -3.09. The standard InChI is InChI=1S/C25H29N5O2/c1-24(2,3)32-23(31)30-14-12-25(13-15-30)16-21(25)19-8-4-17(5-9-19)18-6-10-20(11-7-18)22-26-28-29-27-22/h4-11,21-22H,12-16H2,1-3H3. The van der Waals surface area contributed by atoms with Crippen LogP contribution in [0.4, 0.5) is 4.79 Å². The molecule has 1 saturated carbocycles. The van der Waals surface area contributed by atoms with Crippen LogP contribution in [0.3, 0.4) is 0 Å². The van der Waals surface area contributed by atoms with Crippen LogP contribution in [0.1, 0.15) is 63.2 Å². The molecule has 32 heavy (non-hydrogen) atoms. The molecule has 0 N–H and O–H groups in total. The Kier molecular flexibility index (Phi) is 5.07. The van der Waals surface area contributed by atoms with Crippen LogP contribution in [-0.4, -0.2) is 29.7 Å². The fourth-order valence-corrected chi connectivity index (χ4v) is 4.89. The molecule has 2 aromatic rings. The van der Waals surface area contributed by atoms with Crippen molar-refractivity contribution in [1.82, 2.24) is 4.90 Å². The van der Waals surface area contributed by atoms with Crippen LogP contribution in [0, 0.1) is 5.41 Å². The molecule has 2 aliphatic heterocycles. The van der Waals surface area contributed by atoms with Crippen molar-refractivity contribution in [2.24, 2.45) is 26.1 Å². The van der Waals surface area contributed by atoms with Crippen molar-refractivity contribution in [3.8, 4) is 11.1 Å². The average Bonchev–Trinajstić information content (AvgIpc) is 3.20. The SMILES string of the molecule is CC(C)(C)OC(=O)N1CCC2(CC1)CC2c1ccc(-c2ccc(C3N=NN=N3)cc2)cc1. The van der Waals surface area contributed by atoms with Gasteiger partial charge in [-0.25, -0.2) is 4.79 Å². The summed E-state index contributed by atoms with van der Waals surface area (Å²) in [6, 6.07) is 17.2. The molecular weight excluding hydrogens is 402 g/mol. The van der Waals surface area contributed by atoms with Crippen molar-refractivity contribution < 1.29 is 9.53 Å². The summed E-state index contributed by atoms with van der Waals surface area (Å²) >= 11 is 0. The zero-order valence-electron chi connectivity index (χ0n) is 18.9. The van der Waals surface area contributed by atoms with Gasteiger partial charge in [0.25, 0.3) is 0 Å². The first-order valence-electron chi connectivity index (χ1n) is 11.3. The molecular formula is C25H29N5O2. The minimum absolute atomic E-state index is 0.181. The molecule has 0 bridgehead atoms. The van der Waals surface area contributed by atoms with Crippen LogP contribution in [0.15, 0.2) is 69.2 Å². The number of benzene rings is 2. The summed E-state index contributed by atoms with van der Waals surface area (Å²) < 4.78 is 5.54. The Labute approximate surface area is 188 Å². The molecule has 1 atom stereocenters. The van der Waals surface area contributed by atoms with Crippen molar-refractivity contribution in [1.29, 1.82) is 0 Å². The molecule has 2 fully saturated rings. The molecule has 3 aliphatic rings. The van der Waals surface area contributed by atoms with Crippen molar-refractivity contribution in [3.05, 3.63) is 59.7 Å². The van der Waals surface area contributed by atoms with Crippen molar-refractivity contribution in [2.45, 2.75) is 57.7 Å². The Bertz CT molecular complexity index is 1030. The second-order valence-corrected chi connectivity index (χ2v) is 10.1. The maximum absolute atomic E-state index is 12.3. The molecule has 1 unspecified atom stereocenters. The van der Waals surface area contributed by atoms with Gasteiger partial charge in [-0.3, -0.25) is 0 Å². The predicted octanol–water partition coefficient (Wildman–Crippen LogP) is 6.69. The monoisotopic (exact) mass is 431 g/mol. The van der Waals surface area contributed by atoms with Gasteiger partial charge in [0.2, 0.25) is 6.17 Å². The van der Waals surface area contributed by atoms with Crippen LogP contribution in [-0.2, 0) is 4.74 Å². The molecule has 0 radical (unpaired) electrons. The molecule has 5 rings (SSSR count). The highest BCUT2D eigenvalue weighted by Crippen LogP contribution is 2.65. The zero-order chi connectivity index (χ0) is 22.3. The average molecular weight is 432 g/mol.